The molecular formula is C11H18N2OS. The zero-order valence-corrected chi connectivity index (χ0v) is 9.76. The zero-order chi connectivity index (χ0) is 10.3. The van der Waals surface area contributed by atoms with E-state index < -0.39 is 0 Å². The third-order valence-corrected chi connectivity index (χ3v) is 3.55. The summed E-state index contributed by atoms with van der Waals surface area (Å²) in [6, 6.07) is 0. The largest absolute Gasteiger partial charge is 0.376 e. The van der Waals surface area contributed by atoms with Gasteiger partial charge in [0.2, 0.25) is 0 Å². The molecule has 1 aromatic rings. The van der Waals surface area contributed by atoms with E-state index >= 15 is 0 Å². The van der Waals surface area contributed by atoms with E-state index in [4.69, 9.17) is 4.74 Å². The highest BCUT2D eigenvalue weighted by atomic mass is 32.1. The van der Waals surface area contributed by atoms with Crippen molar-refractivity contribution in [1.29, 1.82) is 0 Å². The minimum absolute atomic E-state index is 0.727. The molecule has 15 heavy (non-hydrogen) atoms. The average molecular weight is 226 g/mol. The van der Waals surface area contributed by atoms with Gasteiger partial charge in [-0.1, -0.05) is 0 Å². The van der Waals surface area contributed by atoms with E-state index in [-0.39, 0.29) is 0 Å². The number of aromatic nitrogens is 1. The third kappa shape index (κ3) is 3.89. The first kappa shape index (κ1) is 11.0. The maximum absolute atomic E-state index is 5.62. The van der Waals surface area contributed by atoms with Crippen molar-refractivity contribution in [3.8, 4) is 0 Å². The molecule has 1 saturated heterocycles. The summed E-state index contributed by atoms with van der Waals surface area (Å²) in [7, 11) is 0. The number of thiazole rings is 1. The Kier molecular flexibility index (Phi) is 4.57. The van der Waals surface area contributed by atoms with Gasteiger partial charge in [0.1, 0.15) is 0 Å². The van der Waals surface area contributed by atoms with Crippen molar-refractivity contribution in [2.45, 2.75) is 25.9 Å². The molecule has 0 amide bonds. The highest BCUT2D eigenvalue weighted by Gasteiger charge is 2.12. The molecule has 2 heterocycles. The Balaban J connectivity index is 1.54. The fourth-order valence-corrected chi connectivity index (χ4v) is 2.44. The van der Waals surface area contributed by atoms with Gasteiger partial charge < -0.3 is 10.1 Å². The van der Waals surface area contributed by atoms with Crippen LogP contribution in [0.4, 0.5) is 0 Å². The maximum atomic E-state index is 5.62. The van der Waals surface area contributed by atoms with Crippen molar-refractivity contribution < 1.29 is 4.74 Å². The Morgan fingerprint density at radius 3 is 3.33 bits per heavy atom. The van der Waals surface area contributed by atoms with Gasteiger partial charge in [0.05, 0.1) is 17.0 Å². The number of hydrogen-bond acceptors (Lipinski definition) is 4. The Labute approximate surface area is 94.9 Å². The predicted octanol–water partition coefficient (Wildman–Crippen LogP) is 2.05. The summed E-state index contributed by atoms with van der Waals surface area (Å²) >= 11 is 1.66. The van der Waals surface area contributed by atoms with Gasteiger partial charge in [-0.3, -0.25) is 4.98 Å². The van der Waals surface area contributed by atoms with Crippen LogP contribution in [0.1, 0.15) is 24.1 Å². The van der Waals surface area contributed by atoms with Crippen molar-refractivity contribution in [2.24, 2.45) is 5.92 Å². The standard InChI is InChI=1S/C11H18N2OS/c1-2-10(6-12-4-1)3-5-14-8-11-7-13-9-15-11/h7,9-10,12H,1-6,8H2. The predicted molar refractivity (Wildman–Crippen MR) is 62.0 cm³/mol. The average Bonchev–Trinajstić information content (AvgIpc) is 2.79. The number of ether oxygens (including phenoxy) is 1. The van der Waals surface area contributed by atoms with Crippen LogP contribution in [0.25, 0.3) is 0 Å². The van der Waals surface area contributed by atoms with Gasteiger partial charge in [-0.2, -0.15) is 0 Å². The van der Waals surface area contributed by atoms with Gasteiger partial charge in [0.15, 0.2) is 0 Å². The molecule has 1 unspecified atom stereocenters. The molecule has 1 N–H and O–H groups in total. The molecule has 0 saturated carbocycles. The minimum Gasteiger partial charge on any atom is -0.376 e. The van der Waals surface area contributed by atoms with Gasteiger partial charge in [-0.05, 0) is 38.3 Å². The zero-order valence-electron chi connectivity index (χ0n) is 8.95. The highest BCUT2D eigenvalue weighted by Crippen LogP contribution is 2.14. The monoisotopic (exact) mass is 226 g/mol. The van der Waals surface area contributed by atoms with Crippen molar-refractivity contribution in [3.63, 3.8) is 0 Å². The molecule has 2 rings (SSSR count). The summed E-state index contributed by atoms with van der Waals surface area (Å²) in [5, 5.41) is 3.43. The minimum atomic E-state index is 0.727. The van der Waals surface area contributed by atoms with Crippen molar-refractivity contribution in [2.75, 3.05) is 19.7 Å². The maximum Gasteiger partial charge on any atom is 0.0825 e. The van der Waals surface area contributed by atoms with Crippen LogP contribution in [-0.4, -0.2) is 24.7 Å². The Morgan fingerprint density at radius 2 is 2.60 bits per heavy atom. The lowest BCUT2D eigenvalue weighted by Crippen LogP contribution is -2.30. The molecule has 1 fully saturated rings. The molecule has 0 aromatic carbocycles. The van der Waals surface area contributed by atoms with Crippen molar-refractivity contribution in [3.05, 3.63) is 16.6 Å². The summed E-state index contributed by atoms with van der Waals surface area (Å²) in [5.74, 6) is 0.820. The first-order chi connectivity index (χ1) is 7.45. The molecule has 0 bridgehead atoms. The number of nitrogens with one attached hydrogen (secondary N) is 1. The summed E-state index contributed by atoms with van der Waals surface area (Å²) < 4.78 is 5.62. The van der Waals surface area contributed by atoms with E-state index in [2.05, 4.69) is 10.3 Å². The quantitative estimate of drug-likeness (QED) is 0.780. The normalized spacial score (nSPS) is 21.7. The highest BCUT2D eigenvalue weighted by molar-refractivity contribution is 7.09. The van der Waals surface area contributed by atoms with E-state index in [9.17, 15) is 0 Å². The first-order valence-corrected chi connectivity index (χ1v) is 6.49. The molecule has 0 spiro atoms. The molecule has 4 heteroatoms. The second kappa shape index (κ2) is 6.20. The van der Waals surface area contributed by atoms with Crippen molar-refractivity contribution >= 4 is 11.3 Å². The van der Waals surface area contributed by atoms with Crippen LogP contribution in [0.3, 0.4) is 0 Å². The third-order valence-electron chi connectivity index (χ3n) is 2.80. The molecule has 1 aliphatic heterocycles. The lowest BCUT2D eigenvalue weighted by molar-refractivity contribution is 0.105. The number of rotatable bonds is 5. The Hall–Kier alpha value is -0.450. The molecule has 0 aliphatic carbocycles. The second-order valence-electron chi connectivity index (χ2n) is 4.02. The van der Waals surface area contributed by atoms with Gasteiger partial charge in [0, 0.05) is 12.8 Å². The summed E-state index contributed by atoms with van der Waals surface area (Å²) in [4.78, 5) is 5.24. The summed E-state index contributed by atoms with van der Waals surface area (Å²) in [6.45, 7) is 3.97. The molecule has 1 aliphatic rings. The fraction of sp³-hybridized carbons (Fsp3) is 0.727. The molecule has 1 aromatic heterocycles. The second-order valence-corrected chi connectivity index (χ2v) is 4.99. The van der Waals surface area contributed by atoms with Crippen LogP contribution in [0.5, 0.6) is 0 Å². The SMILES string of the molecule is c1ncc(COCCC2CCCNC2)s1. The van der Waals surface area contributed by atoms with Crippen LogP contribution < -0.4 is 5.32 Å². The van der Waals surface area contributed by atoms with E-state index in [0.29, 0.717) is 0 Å². The van der Waals surface area contributed by atoms with Crippen LogP contribution in [0.15, 0.2) is 11.7 Å². The fourth-order valence-electron chi connectivity index (χ4n) is 1.91. The number of hydrogen-bond donors (Lipinski definition) is 1. The van der Waals surface area contributed by atoms with Gasteiger partial charge >= 0.3 is 0 Å². The van der Waals surface area contributed by atoms with E-state index in [1.807, 2.05) is 11.7 Å². The Bertz CT molecular complexity index is 258. The van der Waals surface area contributed by atoms with Crippen LogP contribution >= 0.6 is 11.3 Å². The number of piperidine rings is 1. The van der Waals surface area contributed by atoms with Crippen molar-refractivity contribution in [1.82, 2.24) is 10.3 Å². The van der Waals surface area contributed by atoms with Crippen LogP contribution in [0.2, 0.25) is 0 Å². The lowest BCUT2D eigenvalue weighted by atomic mass is 9.97. The molecule has 1 atom stereocenters. The van der Waals surface area contributed by atoms with E-state index in [1.165, 1.54) is 37.2 Å². The van der Waals surface area contributed by atoms with Gasteiger partial charge in [0.25, 0.3) is 0 Å². The molecule has 84 valence electrons. The van der Waals surface area contributed by atoms with Crippen LogP contribution in [-0.2, 0) is 11.3 Å². The van der Waals surface area contributed by atoms with Gasteiger partial charge in [-0.25, -0.2) is 0 Å². The first-order valence-electron chi connectivity index (χ1n) is 5.61. The Morgan fingerprint density at radius 1 is 1.60 bits per heavy atom. The molecular weight excluding hydrogens is 208 g/mol. The van der Waals surface area contributed by atoms with Crippen LogP contribution in [0, 0.1) is 5.92 Å². The number of nitrogens with zero attached hydrogens (tertiary/aromatic N) is 1. The van der Waals surface area contributed by atoms with E-state index in [0.717, 1.165) is 19.1 Å². The summed E-state index contributed by atoms with van der Waals surface area (Å²) in [6.07, 6.45) is 5.75. The lowest BCUT2D eigenvalue weighted by Gasteiger charge is -2.22. The van der Waals surface area contributed by atoms with E-state index in [1.54, 1.807) is 11.3 Å². The molecule has 0 radical (unpaired) electrons. The van der Waals surface area contributed by atoms with Gasteiger partial charge in [-0.15, -0.1) is 11.3 Å². The smallest absolute Gasteiger partial charge is 0.0825 e. The molecule has 3 nitrogen and oxygen atoms in total. The summed E-state index contributed by atoms with van der Waals surface area (Å²) in [5.41, 5.74) is 1.85. The topological polar surface area (TPSA) is 34.1 Å².